The number of benzene rings is 1. The molecular weight excluding hydrogens is 442 g/mol. The van der Waals surface area contributed by atoms with Crippen molar-refractivity contribution >= 4 is 35.0 Å². The van der Waals surface area contributed by atoms with Gasteiger partial charge in [0, 0.05) is 49.4 Å². The number of nitrogen functional groups attached to an aromatic ring is 1. The molecule has 0 atom stereocenters. The molecule has 0 saturated carbocycles. The van der Waals surface area contributed by atoms with Crippen molar-refractivity contribution in [1.82, 2.24) is 19.9 Å². The second-order valence-corrected chi connectivity index (χ2v) is 8.82. The van der Waals surface area contributed by atoms with Gasteiger partial charge in [-0.25, -0.2) is 15.0 Å². The average Bonchev–Trinajstić information content (AvgIpc) is 2.88. The van der Waals surface area contributed by atoms with Crippen molar-refractivity contribution < 1.29 is 10.1 Å². The van der Waals surface area contributed by atoms with Crippen molar-refractivity contribution in [1.29, 1.82) is 5.41 Å². The molecule has 0 radical (unpaired) electrons. The number of methoxy groups -OCH3 is 1. The molecule has 2 aromatic heterocycles. The number of hydrogen-bond donors (Lipinski definition) is 4. The van der Waals surface area contributed by atoms with Gasteiger partial charge in [-0.15, -0.1) is 0 Å². The van der Waals surface area contributed by atoms with Gasteiger partial charge in [0.1, 0.15) is 5.75 Å². The number of nitrogens with zero attached hydrogens (tertiary/aromatic N) is 5. The maximum Gasteiger partial charge on any atom is 0.232 e. The van der Waals surface area contributed by atoms with E-state index in [-0.39, 0.29) is 0 Å². The number of piperidine rings is 1. The smallest absolute Gasteiger partial charge is 0.232 e. The highest BCUT2D eigenvalue weighted by Crippen LogP contribution is 2.37. The maximum atomic E-state index is 7.66. The van der Waals surface area contributed by atoms with Gasteiger partial charge in [0.25, 0.3) is 0 Å². The van der Waals surface area contributed by atoms with E-state index in [9.17, 15) is 0 Å². The number of pyridine rings is 1. The van der Waals surface area contributed by atoms with E-state index in [4.69, 9.17) is 15.9 Å². The van der Waals surface area contributed by atoms with E-state index in [2.05, 4.69) is 44.2 Å². The number of rotatable bonds is 8. The van der Waals surface area contributed by atoms with Crippen molar-refractivity contribution in [2.24, 2.45) is 0 Å². The molecule has 184 valence electrons. The lowest BCUT2D eigenvalue weighted by molar-refractivity contribution is -0.543. The van der Waals surface area contributed by atoms with Crippen molar-refractivity contribution in [3.05, 3.63) is 42.2 Å². The molecular formula is C25H34N9O+. The first-order chi connectivity index (χ1) is 16.9. The molecule has 0 amide bonds. The van der Waals surface area contributed by atoms with Gasteiger partial charge in [-0.05, 0) is 45.1 Å². The summed E-state index contributed by atoms with van der Waals surface area (Å²) in [6.45, 7) is 1.91. The van der Waals surface area contributed by atoms with E-state index >= 15 is 0 Å². The molecule has 0 spiro atoms. The van der Waals surface area contributed by atoms with Crippen LogP contribution in [0.4, 0.5) is 28.8 Å². The van der Waals surface area contributed by atoms with Crippen LogP contribution in [-0.2, 0) is 0 Å². The normalized spacial score (nSPS) is 14.3. The van der Waals surface area contributed by atoms with Gasteiger partial charge in [0.15, 0.2) is 0 Å². The molecule has 1 aliphatic heterocycles. The first-order valence-corrected chi connectivity index (χ1v) is 11.7. The SMILES string of the molecule is C[NH2+]c1ncc(-c2ccnc(Nc3cc(N)c(N4CCC(N(C)C)CC4)cc3OC)n2)cc1C=N. The summed E-state index contributed by atoms with van der Waals surface area (Å²) < 4.78 is 5.69. The molecule has 1 aliphatic rings. The summed E-state index contributed by atoms with van der Waals surface area (Å²) >= 11 is 0. The van der Waals surface area contributed by atoms with Crippen molar-refractivity contribution in [2.75, 3.05) is 57.3 Å². The van der Waals surface area contributed by atoms with E-state index in [1.165, 1.54) is 6.21 Å². The van der Waals surface area contributed by atoms with Crippen LogP contribution in [-0.4, -0.2) is 73.5 Å². The van der Waals surface area contributed by atoms with Gasteiger partial charge in [-0.1, -0.05) is 0 Å². The molecule has 1 fully saturated rings. The Morgan fingerprint density at radius 2 is 2.00 bits per heavy atom. The second kappa shape index (κ2) is 10.7. The van der Waals surface area contributed by atoms with Crippen LogP contribution in [0.5, 0.6) is 5.75 Å². The minimum atomic E-state index is 0.419. The Bertz CT molecular complexity index is 1190. The summed E-state index contributed by atoms with van der Waals surface area (Å²) in [6.07, 6.45) is 6.93. The number of aromatic nitrogens is 3. The third-order valence-corrected chi connectivity index (χ3v) is 6.46. The number of nitrogens with two attached hydrogens (primary N) is 2. The Kier molecular flexibility index (Phi) is 7.42. The summed E-state index contributed by atoms with van der Waals surface area (Å²) in [4.78, 5) is 18.1. The standard InChI is InChI=1S/C25H33N9O/c1-28-24-16(14-26)11-17(15-30-24)20-5-8-29-25(31-20)32-21-12-19(27)22(13-23(21)35-4)34-9-6-18(7-10-34)33(2)3/h5,8,11-15,18,26H,6-7,9-10,27H2,1-4H3,(H,28,30)(H,29,31,32)/p+1. The number of quaternary nitrogens is 1. The first kappa shape index (κ1) is 24.4. The minimum absolute atomic E-state index is 0.419. The van der Waals surface area contributed by atoms with Gasteiger partial charge in [0.05, 0.1) is 42.5 Å². The van der Waals surface area contributed by atoms with E-state index in [0.717, 1.165) is 48.6 Å². The molecule has 3 aromatic rings. The molecule has 35 heavy (non-hydrogen) atoms. The summed E-state index contributed by atoms with van der Waals surface area (Å²) in [5, 5.41) is 12.8. The zero-order valence-corrected chi connectivity index (χ0v) is 20.7. The fourth-order valence-electron chi connectivity index (χ4n) is 4.44. The van der Waals surface area contributed by atoms with E-state index in [1.54, 1.807) is 19.5 Å². The van der Waals surface area contributed by atoms with Crippen LogP contribution in [0.2, 0.25) is 0 Å². The third-order valence-electron chi connectivity index (χ3n) is 6.46. The molecule has 0 unspecified atom stereocenters. The quantitative estimate of drug-likeness (QED) is 0.287. The topological polar surface area (TPSA) is 133 Å². The molecule has 1 saturated heterocycles. The molecule has 10 nitrogen and oxygen atoms in total. The number of nitrogens with one attached hydrogen (secondary N) is 2. The fourth-order valence-corrected chi connectivity index (χ4v) is 4.44. The Hall–Kier alpha value is -3.76. The molecule has 0 aliphatic carbocycles. The predicted molar refractivity (Wildman–Crippen MR) is 140 cm³/mol. The number of hydrogen-bond acceptors (Lipinski definition) is 9. The highest BCUT2D eigenvalue weighted by molar-refractivity contribution is 5.84. The summed E-state index contributed by atoms with van der Waals surface area (Å²) in [5.41, 5.74) is 11.1. The van der Waals surface area contributed by atoms with E-state index < -0.39 is 0 Å². The van der Waals surface area contributed by atoms with Crippen molar-refractivity contribution in [2.45, 2.75) is 18.9 Å². The number of anilines is 4. The highest BCUT2D eigenvalue weighted by atomic mass is 16.5. The first-order valence-electron chi connectivity index (χ1n) is 11.7. The minimum Gasteiger partial charge on any atom is -0.494 e. The van der Waals surface area contributed by atoms with Crippen LogP contribution in [0.15, 0.2) is 36.7 Å². The Morgan fingerprint density at radius 3 is 2.66 bits per heavy atom. The predicted octanol–water partition coefficient (Wildman–Crippen LogP) is 2.23. The van der Waals surface area contributed by atoms with Crippen LogP contribution in [0.1, 0.15) is 18.4 Å². The van der Waals surface area contributed by atoms with Gasteiger partial charge in [-0.2, -0.15) is 0 Å². The maximum absolute atomic E-state index is 7.66. The second-order valence-electron chi connectivity index (χ2n) is 8.82. The zero-order chi connectivity index (χ0) is 24.9. The van der Waals surface area contributed by atoms with Gasteiger partial charge >= 0.3 is 0 Å². The van der Waals surface area contributed by atoms with Gasteiger partial charge in [-0.3, -0.25) is 5.32 Å². The average molecular weight is 477 g/mol. The third kappa shape index (κ3) is 5.33. The van der Waals surface area contributed by atoms with Crippen LogP contribution >= 0.6 is 0 Å². The van der Waals surface area contributed by atoms with Crippen LogP contribution < -0.4 is 26.0 Å². The lowest BCUT2D eigenvalue weighted by Crippen LogP contribution is -2.73. The highest BCUT2D eigenvalue weighted by Gasteiger charge is 2.23. The van der Waals surface area contributed by atoms with Gasteiger partial charge < -0.3 is 31.0 Å². The molecule has 3 heterocycles. The van der Waals surface area contributed by atoms with Crippen molar-refractivity contribution in [3.8, 4) is 17.0 Å². The van der Waals surface area contributed by atoms with E-state index in [0.29, 0.717) is 34.8 Å². The summed E-state index contributed by atoms with van der Waals surface area (Å²) in [7, 11) is 7.82. The molecule has 4 rings (SSSR count). The van der Waals surface area contributed by atoms with Crippen LogP contribution in [0.25, 0.3) is 11.3 Å². The lowest BCUT2D eigenvalue weighted by atomic mass is 10.0. The van der Waals surface area contributed by atoms with E-state index in [1.807, 2.05) is 36.6 Å². The molecule has 6 N–H and O–H groups in total. The molecule has 0 bridgehead atoms. The Morgan fingerprint density at radius 1 is 1.23 bits per heavy atom. The zero-order valence-electron chi connectivity index (χ0n) is 20.7. The monoisotopic (exact) mass is 476 g/mol. The van der Waals surface area contributed by atoms with Crippen LogP contribution in [0.3, 0.4) is 0 Å². The Balaban J connectivity index is 1.57. The lowest BCUT2D eigenvalue weighted by Gasteiger charge is -2.37. The summed E-state index contributed by atoms with van der Waals surface area (Å²) in [5.74, 6) is 1.86. The Labute approximate surface area is 206 Å². The molecule has 1 aromatic carbocycles. The molecule has 10 heteroatoms. The number of ether oxygens (including phenoxy) is 1. The van der Waals surface area contributed by atoms with Gasteiger partial charge in [0.2, 0.25) is 11.8 Å². The largest absolute Gasteiger partial charge is 0.494 e. The van der Waals surface area contributed by atoms with Crippen LogP contribution in [0, 0.1) is 5.41 Å². The fraction of sp³-hybridized carbons (Fsp3) is 0.360. The summed E-state index contributed by atoms with van der Waals surface area (Å²) in [6, 6.07) is 8.17. The van der Waals surface area contributed by atoms with Crippen molar-refractivity contribution in [3.63, 3.8) is 0 Å².